The largest absolute Gasteiger partial charge is 0.380 e. The molecule has 4 nitrogen and oxygen atoms in total. The van der Waals surface area contributed by atoms with Gasteiger partial charge in [-0.3, -0.25) is 4.79 Å². The first kappa shape index (κ1) is 14.0. The third kappa shape index (κ3) is 3.14. The Hall–Kier alpha value is -1.39. The number of carbonyl (C=O) groups is 1. The number of amides is 1. The summed E-state index contributed by atoms with van der Waals surface area (Å²) in [6.07, 6.45) is 2.37. The molecule has 1 heterocycles. The van der Waals surface area contributed by atoms with Crippen molar-refractivity contribution >= 4 is 5.91 Å². The van der Waals surface area contributed by atoms with Gasteiger partial charge in [0.25, 0.3) is 0 Å². The Balaban J connectivity index is 2.23. The van der Waals surface area contributed by atoms with E-state index in [1.165, 1.54) is 0 Å². The summed E-state index contributed by atoms with van der Waals surface area (Å²) in [7, 11) is 3.53. The number of rotatable bonds is 3. The van der Waals surface area contributed by atoms with E-state index in [4.69, 9.17) is 10.5 Å². The molecule has 4 heteroatoms. The van der Waals surface area contributed by atoms with Gasteiger partial charge in [0.1, 0.15) is 0 Å². The van der Waals surface area contributed by atoms with E-state index in [0.29, 0.717) is 13.0 Å². The van der Waals surface area contributed by atoms with Crippen LogP contribution < -0.4 is 5.73 Å². The first-order valence-corrected chi connectivity index (χ1v) is 6.72. The third-order valence-electron chi connectivity index (χ3n) is 3.78. The predicted octanol–water partition coefficient (Wildman–Crippen LogP) is 1.84. The van der Waals surface area contributed by atoms with Crippen LogP contribution in [0.25, 0.3) is 0 Å². The lowest BCUT2D eigenvalue weighted by Crippen LogP contribution is -2.39. The minimum atomic E-state index is -0.0217. The number of hydrogen-bond donors (Lipinski definition) is 1. The number of benzene rings is 1. The van der Waals surface area contributed by atoms with Crippen molar-refractivity contribution in [2.45, 2.75) is 38.0 Å². The van der Waals surface area contributed by atoms with Crippen LogP contribution in [0.5, 0.6) is 0 Å². The maximum Gasteiger partial charge on any atom is 0.222 e. The highest BCUT2D eigenvalue weighted by Crippen LogP contribution is 2.29. The van der Waals surface area contributed by atoms with Crippen molar-refractivity contribution in [3.63, 3.8) is 0 Å². The Bertz CT molecular complexity index is 430. The minimum absolute atomic E-state index is 0.00438. The van der Waals surface area contributed by atoms with E-state index in [-0.39, 0.29) is 18.0 Å². The highest BCUT2D eigenvalue weighted by Gasteiger charge is 2.30. The lowest BCUT2D eigenvalue weighted by molar-refractivity contribution is -0.131. The second-order valence-electron chi connectivity index (χ2n) is 5.18. The monoisotopic (exact) mass is 262 g/mol. The van der Waals surface area contributed by atoms with Gasteiger partial charge in [-0.2, -0.15) is 0 Å². The number of nitrogens with zero attached hydrogens (tertiary/aromatic N) is 1. The Morgan fingerprint density at radius 1 is 1.37 bits per heavy atom. The van der Waals surface area contributed by atoms with Crippen molar-refractivity contribution in [3.05, 3.63) is 35.4 Å². The van der Waals surface area contributed by atoms with Crippen molar-refractivity contribution in [2.24, 2.45) is 5.73 Å². The summed E-state index contributed by atoms with van der Waals surface area (Å²) in [5.74, 6) is 0.180. The molecule has 19 heavy (non-hydrogen) atoms. The molecular formula is C15H22N2O2. The standard InChI is InChI=1S/C15H22N2O2/c1-17-14(18)5-3-4-13(16)15(17)12-8-6-11(7-9-12)10-19-2/h6-9,13,15H,3-5,10,16H2,1-2H3. The van der Waals surface area contributed by atoms with E-state index in [9.17, 15) is 4.79 Å². The molecule has 1 aliphatic rings. The van der Waals surface area contributed by atoms with E-state index in [1.54, 1.807) is 12.0 Å². The van der Waals surface area contributed by atoms with Gasteiger partial charge >= 0.3 is 0 Å². The molecule has 1 fully saturated rings. The van der Waals surface area contributed by atoms with E-state index in [1.807, 2.05) is 31.3 Å². The average molecular weight is 262 g/mol. The lowest BCUT2D eigenvalue weighted by Gasteiger charge is -2.30. The van der Waals surface area contributed by atoms with Gasteiger partial charge in [0.2, 0.25) is 5.91 Å². The molecule has 1 aliphatic heterocycles. The van der Waals surface area contributed by atoms with Crippen LogP contribution in [-0.2, 0) is 16.1 Å². The van der Waals surface area contributed by atoms with Gasteiger partial charge in [-0.15, -0.1) is 0 Å². The zero-order valence-electron chi connectivity index (χ0n) is 11.6. The van der Waals surface area contributed by atoms with Gasteiger partial charge in [-0.25, -0.2) is 0 Å². The zero-order valence-corrected chi connectivity index (χ0v) is 11.6. The van der Waals surface area contributed by atoms with Crippen molar-refractivity contribution in [1.29, 1.82) is 0 Å². The lowest BCUT2D eigenvalue weighted by atomic mass is 9.96. The molecule has 0 radical (unpaired) electrons. The summed E-state index contributed by atoms with van der Waals surface area (Å²) in [6, 6.07) is 8.15. The summed E-state index contributed by atoms with van der Waals surface area (Å²) < 4.78 is 5.10. The number of carbonyl (C=O) groups excluding carboxylic acids is 1. The molecule has 0 spiro atoms. The number of likely N-dealkylation sites (N-methyl/N-ethyl adjacent to an activating group) is 1. The molecule has 0 aromatic heterocycles. The molecule has 0 bridgehead atoms. The minimum Gasteiger partial charge on any atom is -0.380 e. The molecule has 2 N–H and O–H groups in total. The smallest absolute Gasteiger partial charge is 0.222 e. The summed E-state index contributed by atoms with van der Waals surface area (Å²) in [5.41, 5.74) is 8.47. The summed E-state index contributed by atoms with van der Waals surface area (Å²) in [6.45, 7) is 0.603. The van der Waals surface area contributed by atoms with E-state index < -0.39 is 0 Å². The van der Waals surface area contributed by atoms with Gasteiger partial charge in [-0.1, -0.05) is 24.3 Å². The van der Waals surface area contributed by atoms with Crippen LogP contribution in [0.15, 0.2) is 24.3 Å². The number of methoxy groups -OCH3 is 1. The Morgan fingerprint density at radius 2 is 2.05 bits per heavy atom. The zero-order chi connectivity index (χ0) is 13.8. The van der Waals surface area contributed by atoms with Gasteiger partial charge < -0.3 is 15.4 Å². The second kappa shape index (κ2) is 6.17. The third-order valence-corrected chi connectivity index (χ3v) is 3.78. The highest BCUT2D eigenvalue weighted by molar-refractivity contribution is 5.76. The molecule has 2 unspecified atom stereocenters. The van der Waals surface area contributed by atoms with Crippen LogP contribution in [0.3, 0.4) is 0 Å². The molecule has 1 amide bonds. The molecule has 2 atom stereocenters. The Kier molecular flexibility index (Phi) is 4.56. The Labute approximate surface area is 114 Å². The van der Waals surface area contributed by atoms with Crippen LogP contribution in [0.1, 0.15) is 36.4 Å². The van der Waals surface area contributed by atoms with E-state index >= 15 is 0 Å². The molecule has 1 saturated heterocycles. The van der Waals surface area contributed by atoms with Crippen LogP contribution in [0, 0.1) is 0 Å². The average Bonchev–Trinajstić information content (AvgIpc) is 2.52. The summed E-state index contributed by atoms with van der Waals surface area (Å²) >= 11 is 0. The van der Waals surface area contributed by atoms with Gasteiger partial charge in [0.05, 0.1) is 12.6 Å². The number of ether oxygens (including phenoxy) is 1. The molecule has 0 saturated carbocycles. The summed E-state index contributed by atoms with van der Waals surface area (Å²) in [5, 5.41) is 0. The molecule has 104 valence electrons. The number of likely N-dealkylation sites (tertiary alicyclic amines) is 1. The normalized spacial score (nSPS) is 24.4. The van der Waals surface area contributed by atoms with Crippen LogP contribution >= 0.6 is 0 Å². The molecule has 2 rings (SSSR count). The SMILES string of the molecule is COCc1ccc(C2C(N)CCCC(=O)N2C)cc1. The predicted molar refractivity (Wildman–Crippen MR) is 74.5 cm³/mol. The van der Waals surface area contributed by atoms with Crippen molar-refractivity contribution < 1.29 is 9.53 Å². The summed E-state index contributed by atoms with van der Waals surface area (Å²) in [4.78, 5) is 13.8. The quantitative estimate of drug-likeness (QED) is 0.904. The molecule has 1 aromatic carbocycles. The molecule has 1 aromatic rings. The van der Waals surface area contributed by atoms with Gasteiger partial charge in [-0.05, 0) is 24.0 Å². The fourth-order valence-corrected chi connectivity index (χ4v) is 2.71. The van der Waals surface area contributed by atoms with Crippen LogP contribution in [-0.4, -0.2) is 31.0 Å². The van der Waals surface area contributed by atoms with E-state index in [0.717, 1.165) is 24.0 Å². The van der Waals surface area contributed by atoms with Crippen LogP contribution in [0.2, 0.25) is 0 Å². The fraction of sp³-hybridized carbons (Fsp3) is 0.533. The van der Waals surface area contributed by atoms with E-state index in [2.05, 4.69) is 0 Å². The molecular weight excluding hydrogens is 240 g/mol. The van der Waals surface area contributed by atoms with Crippen molar-refractivity contribution in [3.8, 4) is 0 Å². The van der Waals surface area contributed by atoms with Crippen molar-refractivity contribution in [2.75, 3.05) is 14.2 Å². The van der Waals surface area contributed by atoms with Gasteiger partial charge in [0.15, 0.2) is 0 Å². The molecule has 0 aliphatic carbocycles. The first-order chi connectivity index (χ1) is 9.13. The first-order valence-electron chi connectivity index (χ1n) is 6.72. The van der Waals surface area contributed by atoms with Crippen LogP contribution in [0.4, 0.5) is 0 Å². The number of hydrogen-bond acceptors (Lipinski definition) is 3. The Morgan fingerprint density at radius 3 is 2.68 bits per heavy atom. The highest BCUT2D eigenvalue weighted by atomic mass is 16.5. The maximum atomic E-state index is 12.0. The number of nitrogens with two attached hydrogens (primary N) is 1. The van der Waals surface area contributed by atoms with Crippen molar-refractivity contribution in [1.82, 2.24) is 4.90 Å². The second-order valence-corrected chi connectivity index (χ2v) is 5.18. The van der Waals surface area contributed by atoms with Gasteiger partial charge in [0, 0.05) is 26.6 Å². The fourth-order valence-electron chi connectivity index (χ4n) is 2.71. The maximum absolute atomic E-state index is 12.0. The topological polar surface area (TPSA) is 55.6 Å².